The summed E-state index contributed by atoms with van der Waals surface area (Å²) in [7, 11) is 0. The molecule has 0 nitrogen and oxygen atoms in total. The van der Waals surface area contributed by atoms with Crippen molar-refractivity contribution >= 4 is 0 Å². The van der Waals surface area contributed by atoms with Gasteiger partial charge < -0.3 is 0 Å². The molecule has 0 spiro atoms. The Morgan fingerprint density at radius 2 is 1.55 bits per heavy atom. The van der Waals surface area contributed by atoms with Crippen LogP contribution in [0.1, 0.15) is 58.3 Å². The molecule has 3 aliphatic rings. The van der Waals surface area contributed by atoms with Gasteiger partial charge in [-0.2, -0.15) is 0 Å². The van der Waals surface area contributed by atoms with Crippen LogP contribution in [0, 0.1) is 29.6 Å². The highest BCUT2D eigenvalue weighted by atomic mass is 19.2. The standard InChI is InChI=1S/C17H27F3/c1-2-3-10-4-6-12-11(8-10)5-7-13-14(12)9-15(18)17(20)16(13)19/h10-17H,2-9H2,1H3. The van der Waals surface area contributed by atoms with Gasteiger partial charge in [-0.3, -0.25) is 0 Å². The second-order valence-corrected chi connectivity index (χ2v) is 7.44. The molecule has 0 radical (unpaired) electrons. The van der Waals surface area contributed by atoms with Gasteiger partial charge in [0.05, 0.1) is 0 Å². The predicted octanol–water partition coefficient (Wildman–Crippen LogP) is 5.26. The maximum Gasteiger partial charge on any atom is 0.162 e. The van der Waals surface area contributed by atoms with Crippen LogP contribution in [0.2, 0.25) is 0 Å². The van der Waals surface area contributed by atoms with Crippen molar-refractivity contribution in [3.63, 3.8) is 0 Å². The van der Waals surface area contributed by atoms with Crippen LogP contribution in [-0.2, 0) is 0 Å². The molecule has 3 aliphatic carbocycles. The Labute approximate surface area is 120 Å². The number of hydrogen-bond acceptors (Lipinski definition) is 0. The first-order valence-corrected chi connectivity index (χ1v) is 8.54. The summed E-state index contributed by atoms with van der Waals surface area (Å²) in [4.78, 5) is 0. The van der Waals surface area contributed by atoms with E-state index in [9.17, 15) is 13.2 Å². The van der Waals surface area contributed by atoms with Gasteiger partial charge >= 0.3 is 0 Å². The van der Waals surface area contributed by atoms with Crippen molar-refractivity contribution in [2.75, 3.05) is 0 Å². The summed E-state index contributed by atoms with van der Waals surface area (Å²) in [5.41, 5.74) is 0. The largest absolute Gasteiger partial charge is 0.244 e. The lowest BCUT2D eigenvalue weighted by Gasteiger charge is -2.51. The van der Waals surface area contributed by atoms with Crippen LogP contribution in [0.25, 0.3) is 0 Å². The van der Waals surface area contributed by atoms with E-state index < -0.39 is 18.5 Å². The first kappa shape index (κ1) is 14.7. The first-order chi connectivity index (χ1) is 9.61. The van der Waals surface area contributed by atoms with Crippen molar-refractivity contribution in [2.24, 2.45) is 29.6 Å². The highest BCUT2D eigenvalue weighted by Gasteiger charge is 2.52. The Hall–Kier alpha value is -0.210. The Balaban J connectivity index is 1.70. The second-order valence-electron chi connectivity index (χ2n) is 7.44. The fraction of sp³-hybridized carbons (Fsp3) is 1.00. The first-order valence-electron chi connectivity index (χ1n) is 8.54. The Bertz CT molecular complexity index is 332. The molecule has 0 bridgehead atoms. The van der Waals surface area contributed by atoms with E-state index >= 15 is 0 Å². The molecule has 0 amide bonds. The van der Waals surface area contributed by atoms with E-state index in [1.54, 1.807) is 0 Å². The molecule has 0 saturated heterocycles. The van der Waals surface area contributed by atoms with E-state index in [1.807, 2.05) is 0 Å². The molecule has 3 rings (SSSR count). The van der Waals surface area contributed by atoms with E-state index in [0.29, 0.717) is 11.8 Å². The van der Waals surface area contributed by atoms with Crippen molar-refractivity contribution in [1.82, 2.24) is 0 Å². The lowest BCUT2D eigenvalue weighted by Crippen LogP contribution is -2.51. The van der Waals surface area contributed by atoms with Crippen LogP contribution in [0.5, 0.6) is 0 Å². The number of alkyl halides is 3. The van der Waals surface area contributed by atoms with E-state index in [1.165, 1.54) is 25.7 Å². The van der Waals surface area contributed by atoms with Gasteiger partial charge in [0.1, 0.15) is 12.3 Å². The second kappa shape index (κ2) is 5.88. The Morgan fingerprint density at radius 1 is 0.800 bits per heavy atom. The van der Waals surface area contributed by atoms with Crippen LogP contribution in [0.3, 0.4) is 0 Å². The monoisotopic (exact) mass is 288 g/mol. The highest BCUT2D eigenvalue weighted by molar-refractivity contribution is 5.00. The van der Waals surface area contributed by atoms with Gasteiger partial charge in [0.15, 0.2) is 6.17 Å². The lowest BCUT2D eigenvalue weighted by molar-refractivity contribution is -0.0878. The molecular weight excluding hydrogens is 261 g/mol. The molecule has 3 saturated carbocycles. The summed E-state index contributed by atoms with van der Waals surface area (Å²) in [5.74, 6) is 1.83. The average Bonchev–Trinajstić information content (AvgIpc) is 2.45. The fourth-order valence-corrected chi connectivity index (χ4v) is 5.46. The van der Waals surface area contributed by atoms with Gasteiger partial charge in [0.25, 0.3) is 0 Å². The summed E-state index contributed by atoms with van der Waals surface area (Å²) in [6, 6.07) is 0. The summed E-state index contributed by atoms with van der Waals surface area (Å²) in [6.07, 6.45) is 3.19. The molecule has 3 heteroatoms. The molecular formula is C17H27F3. The normalized spacial score (nSPS) is 52.2. The molecule has 8 atom stereocenters. The van der Waals surface area contributed by atoms with Crippen molar-refractivity contribution in [3.05, 3.63) is 0 Å². The minimum atomic E-state index is -1.87. The Kier molecular flexibility index (Phi) is 4.33. The third kappa shape index (κ3) is 2.50. The van der Waals surface area contributed by atoms with Gasteiger partial charge in [0, 0.05) is 0 Å². The minimum absolute atomic E-state index is 0.105. The minimum Gasteiger partial charge on any atom is -0.244 e. The van der Waals surface area contributed by atoms with Crippen LogP contribution in [0.15, 0.2) is 0 Å². The maximum absolute atomic E-state index is 14.1. The quantitative estimate of drug-likeness (QED) is 0.650. The van der Waals surface area contributed by atoms with Gasteiger partial charge in [0.2, 0.25) is 0 Å². The van der Waals surface area contributed by atoms with Crippen molar-refractivity contribution in [2.45, 2.75) is 76.8 Å². The molecule has 0 aromatic rings. The van der Waals surface area contributed by atoms with Gasteiger partial charge in [-0.15, -0.1) is 0 Å². The number of halogens is 3. The third-order valence-electron chi connectivity index (χ3n) is 6.37. The number of hydrogen-bond donors (Lipinski definition) is 0. The molecule has 116 valence electrons. The smallest absolute Gasteiger partial charge is 0.162 e. The van der Waals surface area contributed by atoms with E-state index in [4.69, 9.17) is 0 Å². The zero-order chi connectivity index (χ0) is 14.3. The fourth-order valence-electron chi connectivity index (χ4n) is 5.46. The maximum atomic E-state index is 14.1. The molecule has 3 fully saturated rings. The molecule has 0 N–H and O–H groups in total. The highest BCUT2D eigenvalue weighted by Crippen LogP contribution is 2.54. The van der Waals surface area contributed by atoms with Crippen LogP contribution >= 0.6 is 0 Å². The Morgan fingerprint density at radius 3 is 2.30 bits per heavy atom. The lowest BCUT2D eigenvalue weighted by atomic mass is 9.55. The summed E-state index contributed by atoms with van der Waals surface area (Å²) in [6.45, 7) is 2.23. The van der Waals surface area contributed by atoms with E-state index in [-0.39, 0.29) is 18.3 Å². The van der Waals surface area contributed by atoms with Crippen LogP contribution in [0.4, 0.5) is 13.2 Å². The zero-order valence-electron chi connectivity index (χ0n) is 12.4. The van der Waals surface area contributed by atoms with E-state index in [0.717, 1.165) is 25.2 Å². The molecule has 0 aliphatic heterocycles. The van der Waals surface area contributed by atoms with Crippen molar-refractivity contribution in [3.8, 4) is 0 Å². The molecule has 0 heterocycles. The number of rotatable bonds is 2. The predicted molar refractivity (Wildman–Crippen MR) is 74.7 cm³/mol. The molecule has 20 heavy (non-hydrogen) atoms. The number of fused-ring (bicyclic) bond motifs is 3. The third-order valence-corrected chi connectivity index (χ3v) is 6.37. The van der Waals surface area contributed by atoms with Crippen molar-refractivity contribution < 1.29 is 13.2 Å². The summed E-state index contributed by atoms with van der Waals surface area (Å²) >= 11 is 0. The topological polar surface area (TPSA) is 0 Å². The van der Waals surface area contributed by atoms with Crippen LogP contribution in [-0.4, -0.2) is 18.5 Å². The summed E-state index contributed by atoms with van der Waals surface area (Å²) in [5, 5.41) is 0. The van der Waals surface area contributed by atoms with Gasteiger partial charge in [-0.05, 0) is 61.7 Å². The van der Waals surface area contributed by atoms with Crippen LogP contribution < -0.4 is 0 Å². The van der Waals surface area contributed by atoms with Gasteiger partial charge in [-0.25, -0.2) is 13.2 Å². The average molecular weight is 288 g/mol. The van der Waals surface area contributed by atoms with Crippen molar-refractivity contribution in [1.29, 1.82) is 0 Å². The zero-order valence-corrected chi connectivity index (χ0v) is 12.4. The SMILES string of the molecule is CCCC1CCC2C(CCC3C(F)C(F)C(F)CC23)C1. The van der Waals surface area contributed by atoms with Gasteiger partial charge in [-0.1, -0.05) is 26.2 Å². The molecule has 8 unspecified atom stereocenters. The van der Waals surface area contributed by atoms with E-state index in [2.05, 4.69) is 6.92 Å². The molecule has 0 aromatic carbocycles. The molecule has 0 aromatic heterocycles. The summed E-state index contributed by atoms with van der Waals surface area (Å²) < 4.78 is 41.4.